The lowest BCUT2D eigenvalue weighted by molar-refractivity contribution is 0.211. The third-order valence-corrected chi connectivity index (χ3v) is 6.12. The lowest BCUT2D eigenvalue weighted by Crippen LogP contribution is -2.47. The van der Waals surface area contributed by atoms with Crippen LogP contribution in [0.3, 0.4) is 0 Å². The molecule has 168 valence electrons. The largest absolute Gasteiger partial charge is 0.496 e. The van der Waals surface area contributed by atoms with E-state index < -0.39 is 6.10 Å². The van der Waals surface area contributed by atoms with Gasteiger partial charge in [-0.15, -0.1) is 0 Å². The van der Waals surface area contributed by atoms with Gasteiger partial charge < -0.3 is 19.5 Å². The number of hydrogen-bond acceptors (Lipinski definition) is 6. The van der Waals surface area contributed by atoms with Crippen molar-refractivity contribution in [2.75, 3.05) is 51.8 Å². The highest BCUT2D eigenvalue weighted by molar-refractivity contribution is 5.58. The first-order chi connectivity index (χ1) is 15.7. The normalized spacial score (nSPS) is 15.4. The van der Waals surface area contributed by atoms with Crippen LogP contribution in [-0.4, -0.2) is 61.9 Å². The summed E-state index contributed by atoms with van der Waals surface area (Å²) in [5.74, 6) is 1.60. The summed E-state index contributed by atoms with van der Waals surface area (Å²) in [5, 5.41) is 11.1. The number of methoxy groups -OCH3 is 2. The maximum absolute atomic E-state index is 11.1. The van der Waals surface area contributed by atoms with Crippen molar-refractivity contribution in [2.45, 2.75) is 12.5 Å². The number of aliphatic hydroxyl groups is 1. The maximum atomic E-state index is 11.1. The van der Waals surface area contributed by atoms with Crippen molar-refractivity contribution in [3.63, 3.8) is 0 Å². The molecule has 1 unspecified atom stereocenters. The molecule has 6 heteroatoms. The van der Waals surface area contributed by atoms with Gasteiger partial charge in [-0.3, -0.25) is 9.88 Å². The Labute approximate surface area is 190 Å². The zero-order chi connectivity index (χ0) is 22.3. The van der Waals surface area contributed by atoms with Gasteiger partial charge in [-0.05, 0) is 24.3 Å². The van der Waals surface area contributed by atoms with E-state index in [1.54, 1.807) is 20.4 Å². The van der Waals surface area contributed by atoms with Crippen LogP contribution in [0.5, 0.6) is 11.5 Å². The van der Waals surface area contributed by atoms with Crippen LogP contribution in [0.25, 0.3) is 0 Å². The van der Waals surface area contributed by atoms with E-state index in [1.165, 1.54) is 0 Å². The molecule has 6 nitrogen and oxygen atoms in total. The van der Waals surface area contributed by atoms with E-state index in [-0.39, 0.29) is 0 Å². The highest BCUT2D eigenvalue weighted by Crippen LogP contribution is 2.31. The second-order valence-electron chi connectivity index (χ2n) is 7.93. The summed E-state index contributed by atoms with van der Waals surface area (Å²) >= 11 is 0. The molecule has 0 bridgehead atoms. The molecular weight excluding hydrogens is 402 g/mol. The van der Waals surface area contributed by atoms with Crippen molar-refractivity contribution < 1.29 is 14.6 Å². The highest BCUT2D eigenvalue weighted by atomic mass is 16.5. The molecule has 0 spiro atoms. The van der Waals surface area contributed by atoms with Crippen LogP contribution in [0.15, 0.2) is 66.9 Å². The monoisotopic (exact) mass is 433 g/mol. The van der Waals surface area contributed by atoms with Gasteiger partial charge in [0.05, 0.1) is 19.9 Å². The summed E-state index contributed by atoms with van der Waals surface area (Å²) < 4.78 is 11.0. The molecular formula is C26H31N3O3. The van der Waals surface area contributed by atoms with Crippen LogP contribution in [-0.2, 0) is 6.42 Å². The SMILES string of the molecule is COc1ccccc1C(O)c1cccnc1CCN1CCN(c2ccccc2OC)CC1. The summed E-state index contributed by atoms with van der Waals surface area (Å²) in [6.45, 7) is 4.78. The van der Waals surface area contributed by atoms with E-state index in [0.717, 1.165) is 67.4 Å². The lowest BCUT2D eigenvalue weighted by atomic mass is 9.98. The average molecular weight is 434 g/mol. The Bertz CT molecular complexity index is 1020. The second-order valence-corrected chi connectivity index (χ2v) is 7.93. The zero-order valence-electron chi connectivity index (χ0n) is 18.8. The van der Waals surface area contributed by atoms with Crippen molar-refractivity contribution >= 4 is 5.69 Å². The first-order valence-electron chi connectivity index (χ1n) is 11.1. The molecule has 1 saturated heterocycles. The molecule has 1 N–H and O–H groups in total. The summed E-state index contributed by atoms with van der Waals surface area (Å²) in [4.78, 5) is 9.44. The van der Waals surface area contributed by atoms with E-state index in [4.69, 9.17) is 9.47 Å². The van der Waals surface area contributed by atoms with Crippen LogP contribution >= 0.6 is 0 Å². The minimum absolute atomic E-state index is 0.683. The Morgan fingerprint density at radius 2 is 1.50 bits per heavy atom. The molecule has 1 aliphatic rings. The van der Waals surface area contributed by atoms with Crippen LogP contribution in [0.1, 0.15) is 22.9 Å². The van der Waals surface area contributed by atoms with Crippen molar-refractivity contribution in [1.29, 1.82) is 0 Å². The molecule has 2 heterocycles. The van der Waals surface area contributed by atoms with E-state index >= 15 is 0 Å². The number of aromatic nitrogens is 1. The van der Waals surface area contributed by atoms with Gasteiger partial charge in [0, 0.05) is 62.2 Å². The molecule has 0 amide bonds. The summed E-state index contributed by atoms with van der Waals surface area (Å²) in [6.07, 6.45) is 1.82. The Kier molecular flexibility index (Phi) is 7.24. The molecule has 32 heavy (non-hydrogen) atoms. The topological polar surface area (TPSA) is 58.1 Å². The number of para-hydroxylation sites is 3. The Hall–Kier alpha value is -3.09. The van der Waals surface area contributed by atoms with Crippen molar-refractivity contribution in [2.24, 2.45) is 0 Å². The number of hydrogen-bond donors (Lipinski definition) is 1. The van der Waals surface area contributed by atoms with Gasteiger partial charge in [0.25, 0.3) is 0 Å². The Morgan fingerprint density at radius 1 is 0.844 bits per heavy atom. The van der Waals surface area contributed by atoms with Gasteiger partial charge in [0.1, 0.15) is 17.6 Å². The zero-order valence-corrected chi connectivity index (χ0v) is 18.8. The van der Waals surface area contributed by atoms with Crippen LogP contribution in [0, 0.1) is 0 Å². The third kappa shape index (κ3) is 4.87. The first-order valence-corrected chi connectivity index (χ1v) is 11.1. The first kappa shape index (κ1) is 22.1. The Balaban J connectivity index is 1.39. The van der Waals surface area contributed by atoms with Crippen LogP contribution in [0.4, 0.5) is 5.69 Å². The molecule has 4 rings (SSSR count). The van der Waals surface area contributed by atoms with E-state index in [1.807, 2.05) is 48.5 Å². The number of benzene rings is 2. The smallest absolute Gasteiger partial charge is 0.142 e. The maximum Gasteiger partial charge on any atom is 0.142 e. The molecule has 1 aliphatic heterocycles. The van der Waals surface area contributed by atoms with Crippen LogP contribution < -0.4 is 14.4 Å². The fraction of sp³-hybridized carbons (Fsp3) is 0.346. The predicted octanol–water partition coefficient (Wildman–Crippen LogP) is 3.55. The third-order valence-electron chi connectivity index (χ3n) is 6.12. The summed E-state index contributed by atoms with van der Waals surface area (Å²) in [5.41, 5.74) is 3.68. The van der Waals surface area contributed by atoms with Crippen LogP contribution in [0.2, 0.25) is 0 Å². The standard InChI is InChI=1S/C26H31N3O3/c1-31-24-11-5-3-8-21(24)26(30)20-9-7-14-27-22(20)13-15-28-16-18-29(19-17-28)23-10-4-6-12-25(23)32-2/h3-12,14,26,30H,13,15-19H2,1-2H3. The minimum Gasteiger partial charge on any atom is -0.496 e. The fourth-order valence-electron chi connectivity index (χ4n) is 4.34. The number of nitrogens with zero attached hydrogens (tertiary/aromatic N) is 3. The molecule has 1 atom stereocenters. The quantitative estimate of drug-likeness (QED) is 0.586. The van der Waals surface area contributed by atoms with E-state index in [2.05, 4.69) is 26.9 Å². The summed E-state index contributed by atoms with van der Waals surface area (Å²) in [6, 6.07) is 19.6. The highest BCUT2D eigenvalue weighted by Gasteiger charge is 2.22. The molecule has 2 aromatic carbocycles. The van der Waals surface area contributed by atoms with E-state index in [0.29, 0.717) is 5.75 Å². The fourth-order valence-corrected chi connectivity index (χ4v) is 4.34. The lowest BCUT2D eigenvalue weighted by Gasteiger charge is -2.36. The van der Waals surface area contributed by atoms with Gasteiger partial charge in [0.15, 0.2) is 0 Å². The summed E-state index contributed by atoms with van der Waals surface area (Å²) in [7, 11) is 3.35. The molecule has 1 fully saturated rings. The molecule has 3 aromatic rings. The number of piperazine rings is 1. The average Bonchev–Trinajstić information content (AvgIpc) is 2.87. The van der Waals surface area contributed by atoms with Crippen molar-refractivity contribution in [3.05, 3.63) is 83.7 Å². The van der Waals surface area contributed by atoms with E-state index in [9.17, 15) is 5.11 Å². The number of aliphatic hydroxyl groups excluding tert-OH is 1. The molecule has 0 radical (unpaired) electrons. The van der Waals surface area contributed by atoms with Crippen molar-refractivity contribution in [3.8, 4) is 11.5 Å². The van der Waals surface area contributed by atoms with Gasteiger partial charge in [-0.25, -0.2) is 0 Å². The molecule has 0 saturated carbocycles. The second kappa shape index (κ2) is 10.5. The predicted molar refractivity (Wildman–Crippen MR) is 127 cm³/mol. The number of anilines is 1. The number of ether oxygens (including phenoxy) is 2. The van der Waals surface area contributed by atoms with Gasteiger partial charge in [-0.1, -0.05) is 36.4 Å². The van der Waals surface area contributed by atoms with Gasteiger partial charge in [-0.2, -0.15) is 0 Å². The number of pyridine rings is 1. The Morgan fingerprint density at radius 3 is 2.25 bits per heavy atom. The van der Waals surface area contributed by atoms with Gasteiger partial charge in [0.2, 0.25) is 0 Å². The minimum atomic E-state index is -0.766. The van der Waals surface area contributed by atoms with Crippen molar-refractivity contribution in [1.82, 2.24) is 9.88 Å². The number of rotatable bonds is 8. The molecule has 1 aromatic heterocycles. The molecule has 0 aliphatic carbocycles. The van der Waals surface area contributed by atoms with Gasteiger partial charge >= 0.3 is 0 Å².